The molecule has 1 rings (SSSR count). The molecule has 4 nitrogen and oxygen atoms in total. The Bertz CT molecular complexity index is 378. The van der Waals surface area contributed by atoms with Crippen molar-refractivity contribution in [3.8, 4) is 12.3 Å². The number of aliphatic hydroxyl groups excluding tert-OH is 1. The van der Waals surface area contributed by atoms with E-state index in [-0.39, 0.29) is 13.2 Å². The normalized spacial score (nSPS) is 9.25. The van der Waals surface area contributed by atoms with Gasteiger partial charge in [0, 0.05) is 6.54 Å². The first-order valence-corrected chi connectivity index (χ1v) is 4.79. The van der Waals surface area contributed by atoms with Crippen LogP contribution in [0.2, 0.25) is 0 Å². The fourth-order valence-corrected chi connectivity index (χ4v) is 1.09. The molecule has 84 valence electrons. The highest BCUT2D eigenvalue weighted by molar-refractivity contribution is 5.67. The molecule has 1 amide bonds. The van der Waals surface area contributed by atoms with E-state index in [0.29, 0.717) is 6.54 Å². The predicted octanol–water partition coefficient (Wildman–Crippen LogP) is 1.04. The first kappa shape index (κ1) is 12.1. The number of hydrogen-bond acceptors (Lipinski definition) is 3. The number of aliphatic hydroxyl groups is 1. The van der Waals surface area contributed by atoms with Crippen LogP contribution in [-0.2, 0) is 17.9 Å². The van der Waals surface area contributed by atoms with Crippen molar-refractivity contribution in [2.75, 3.05) is 6.61 Å². The summed E-state index contributed by atoms with van der Waals surface area (Å²) in [7, 11) is 0. The number of terminal acetylenes is 1. The minimum absolute atomic E-state index is 0.0118. The van der Waals surface area contributed by atoms with Crippen LogP contribution < -0.4 is 5.32 Å². The fourth-order valence-electron chi connectivity index (χ4n) is 1.09. The predicted molar refractivity (Wildman–Crippen MR) is 59.4 cm³/mol. The molecule has 0 heterocycles. The first-order valence-electron chi connectivity index (χ1n) is 4.79. The van der Waals surface area contributed by atoms with Crippen molar-refractivity contribution in [3.05, 3.63) is 35.4 Å². The Morgan fingerprint density at radius 1 is 1.38 bits per heavy atom. The van der Waals surface area contributed by atoms with Gasteiger partial charge in [-0.15, -0.1) is 6.42 Å². The van der Waals surface area contributed by atoms with Gasteiger partial charge in [0.25, 0.3) is 0 Å². The quantitative estimate of drug-likeness (QED) is 0.744. The van der Waals surface area contributed by atoms with Gasteiger partial charge in [0.2, 0.25) is 0 Å². The van der Waals surface area contributed by atoms with E-state index in [1.165, 1.54) is 0 Å². The number of ether oxygens (including phenoxy) is 1. The first-order chi connectivity index (χ1) is 7.76. The molecule has 0 aliphatic rings. The molecule has 0 aliphatic heterocycles. The van der Waals surface area contributed by atoms with Gasteiger partial charge < -0.3 is 15.2 Å². The van der Waals surface area contributed by atoms with Crippen molar-refractivity contribution >= 4 is 6.09 Å². The van der Waals surface area contributed by atoms with Gasteiger partial charge in [-0.05, 0) is 11.1 Å². The SMILES string of the molecule is C#CCOC(=O)NCc1ccc(CO)cc1. The summed E-state index contributed by atoms with van der Waals surface area (Å²) >= 11 is 0. The van der Waals surface area contributed by atoms with Crippen LogP contribution in [0.3, 0.4) is 0 Å². The van der Waals surface area contributed by atoms with Crippen molar-refractivity contribution in [1.82, 2.24) is 5.32 Å². The highest BCUT2D eigenvalue weighted by Gasteiger charge is 2.00. The van der Waals surface area contributed by atoms with Crippen LogP contribution in [0.1, 0.15) is 11.1 Å². The summed E-state index contributed by atoms with van der Waals surface area (Å²) in [5.74, 6) is 2.20. The maximum absolute atomic E-state index is 11.0. The minimum Gasteiger partial charge on any atom is -0.436 e. The lowest BCUT2D eigenvalue weighted by Gasteiger charge is -2.05. The number of amides is 1. The Morgan fingerprint density at radius 2 is 2.00 bits per heavy atom. The molecule has 0 aromatic heterocycles. The lowest BCUT2D eigenvalue weighted by Crippen LogP contribution is -2.23. The summed E-state index contributed by atoms with van der Waals surface area (Å²) in [6.45, 7) is 0.350. The molecule has 1 aromatic carbocycles. The summed E-state index contributed by atoms with van der Waals surface area (Å²) in [6, 6.07) is 7.24. The third kappa shape index (κ3) is 4.03. The van der Waals surface area contributed by atoms with E-state index >= 15 is 0 Å². The molecule has 4 heteroatoms. The number of carbonyl (C=O) groups excluding carboxylic acids is 1. The van der Waals surface area contributed by atoms with E-state index in [4.69, 9.17) is 11.5 Å². The molecule has 0 saturated carbocycles. The number of nitrogens with one attached hydrogen (secondary N) is 1. The molecule has 2 N–H and O–H groups in total. The van der Waals surface area contributed by atoms with Gasteiger partial charge in [0.05, 0.1) is 6.61 Å². The van der Waals surface area contributed by atoms with Gasteiger partial charge in [0.15, 0.2) is 6.61 Å². The molecule has 0 aliphatic carbocycles. The van der Waals surface area contributed by atoms with Crippen LogP contribution in [0, 0.1) is 12.3 Å². The van der Waals surface area contributed by atoms with Crippen molar-refractivity contribution < 1.29 is 14.6 Å². The minimum atomic E-state index is -0.538. The number of hydrogen-bond donors (Lipinski definition) is 2. The van der Waals surface area contributed by atoms with E-state index in [9.17, 15) is 4.79 Å². The number of alkyl carbamates (subject to hydrolysis) is 1. The van der Waals surface area contributed by atoms with Crippen molar-refractivity contribution in [2.45, 2.75) is 13.2 Å². The van der Waals surface area contributed by atoms with Crippen LogP contribution in [0.4, 0.5) is 4.79 Å². The van der Waals surface area contributed by atoms with Crippen LogP contribution in [-0.4, -0.2) is 17.8 Å². The third-order valence-corrected chi connectivity index (χ3v) is 1.93. The van der Waals surface area contributed by atoms with Crippen LogP contribution in [0.5, 0.6) is 0 Å². The second-order valence-corrected chi connectivity index (χ2v) is 3.11. The van der Waals surface area contributed by atoms with Crippen molar-refractivity contribution in [3.63, 3.8) is 0 Å². The zero-order chi connectivity index (χ0) is 11.8. The summed E-state index contributed by atoms with van der Waals surface area (Å²) < 4.78 is 4.63. The summed E-state index contributed by atoms with van der Waals surface area (Å²) in [5.41, 5.74) is 1.76. The van der Waals surface area contributed by atoms with Gasteiger partial charge in [-0.25, -0.2) is 4.79 Å². The molecule has 0 fully saturated rings. The van der Waals surface area contributed by atoms with Crippen LogP contribution in [0.15, 0.2) is 24.3 Å². The van der Waals surface area contributed by atoms with Gasteiger partial charge in [-0.2, -0.15) is 0 Å². The number of carbonyl (C=O) groups is 1. The molecular weight excluding hydrogens is 206 g/mol. The summed E-state index contributed by atoms with van der Waals surface area (Å²) in [6.07, 6.45) is 4.40. The average Bonchev–Trinajstić information content (AvgIpc) is 2.34. The Morgan fingerprint density at radius 3 is 2.56 bits per heavy atom. The van der Waals surface area contributed by atoms with Crippen molar-refractivity contribution in [2.24, 2.45) is 0 Å². The van der Waals surface area contributed by atoms with E-state index in [1.807, 2.05) is 12.1 Å². The molecular formula is C12H13NO3. The van der Waals surface area contributed by atoms with E-state index < -0.39 is 6.09 Å². The van der Waals surface area contributed by atoms with Gasteiger partial charge in [-0.3, -0.25) is 0 Å². The largest absolute Gasteiger partial charge is 0.436 e. The van der Waals surface area contributed by atoms with E-state index in [1.54, 1.807) is 12.1 Å². The van der Waals surface area contributed by atoms with E-state index in [2.05, 4.69) is 16.0 Å². The second kappa shape index (κ2) is 6.49. The van der Waals surface area contributed by atoms with Crippen LogP contribution >= 0.6 is 0 Å². The highest BCUT2D eigenvalue weighted by atomic mass is 16.5. The Balaban J connectivity index is 2.37. The molecule has 0 unspecified atom stereocenters. The molecule has 16 heavy (non-hydrogen) atoms. The maximum atomic E-state index is 11.0. The zero-order valence-corrected chi connectivity index (χ0v) is 8.77. The molecule has 0 spiro atoms. The zero-order valence-electron chi connectivity index (χ0n) is 8.77. The molecule has 0 atom stereocenters. The second-order valence-electron chi connectivity index (χ2n) is 3.11. The van der Waals surface area contributed by atoms with E-state index in [0.717, 1.165) is 11.1 Å². The molecule has 0 bridgehead atoms. The van der Waals surface area contributed by atoms with Gasteiger partial charge in [-0.1, -0.05) is 30.2 Å². The lowest BCUT2D eigenvalue weighted by atomic mass is 10.1. The topological polar surface area (TPSA) is 58.6 Å². The van der Waals surface area contributed by atoms with Crippen LogP contribution in [0.25, 0.3) is 0 Å². The summed E-state index contributed by atoms with van der Waals surface area (Å²) in [4.78, 5) is 11.0. The number of benzene rings is 1. The Labute approximate surface area is 94.2 Å². The smallest absolute Gasteiger partial charge is 0.408 e. The van der Waals surface area contributed by atoms with Gasteiger partial charge >= 0.3 is 6.09 Å². The fraction of sp³-hybridized carbons (Fsp3) is 0.250. The Kier molecular flexibility index (Phi) is 4.90. The Hall–Kier alpha value is -1.99. The standard InChI is InChI=1S/C12H13NO3/c1-2-7-16-12(15)13-8-10-3-5-11(9-14)6-4-10/h1,3-6,14H,7-9H2,(H,13,15). The van der Waals surface area contributed by atoms with Crippen molar-refractivity contribution in [1.29, 1.82) is 0 Å². The third-order valence-electron chi connectivity index (χ3n) is 1.93. The lowest BCUT2D eigenvalue weighted by molar-refractivity contribution is 0.159. The monoisotopic (exact) mass is 219 g/mol. The number of rotatable bonds is 4. The van der Waals surface area contributed by atoms with Gasteiger partial charge in [0.1, 0.15) is 0 Å². The molecule has 0 saturated heterocycles. The maximum Gasteiger partial charge on any atom is 0.408 e. The summed E-state index contributed by atoms with van der Waals surface area (Å²) in [5, 5.41) is 11.4. The molecule has 0 radical (unpaired) electrons. The average molecular weight is 219 g/mol. The molecule has 1 aromatic rings. The highest BCUT2D eigenvalue weighted by Crippen LogP contribution is 2.03.